The second kappa shape index (κ2) is 6.17. The number of ether oxygens (including phenoxy) is 2. The maximum atomic E-state index is 11.0. The summed E-state index contributed by atoms with van der Waals surface area (Å²) in [5.74, 6) is 1.32. The lowest BCUT2D eigenvalue weighted by atomic mass is 10.2. The van der Waals surface area contributed by atoms with E-state index in [1.54, 1.807) is 42.5 Å². The van der Waals surface area contributed by atoms with Crippen LogP contribution in [0.15, 0.2) is 42.5 Å². The molecule has 2 rings (SSSR count). The zero-order valence-electron chi connectivity index (χ0n) is 12.0. The summed E-state index contributed by atoms with van der Waals surface area (Å²) in [6.07, 6.45) is 0.0505. The van der Waals surface area contributed by atoms with Gasteiger partial charge in [-0.1, -0.05) is 0 Å². The number of benzene rings is 2. The number of carbonyl (C=O) groups excluding carboxylic acids is 1. The Morgan fingerprint density at radius 3 is 2.19 bits per heavy atom. The molecule has 110 valence electrons. The Hall–Kier alpha value is -2.69. The number of primary amides is 1. The highest BCUT2D eigenvalue weighted by molar-refractivity contribution is 5.92. The monoisotopic (exact) mass is 286 g/mol. The molecule has 0 spiro atoms. The maximum absolute atomic E-state index is 11.0. The minimum Gasteiger partial charge on any atom is -0.491 e. The highest BCUT2D eigenvalue weighted by Gasteiger charge is 2.05. The highest BCUT2D eigenvalue weighted by atomic mass is 16.5. The number of amides is 1. The van der Waals surface area contributed by atoms with Crippen LogP contribution in [0.4, 0.5) is 5.69 Å². The van der Waals surface area contributed by atoms with Crippen molar-refractivity contribution >= 4 is 11.6 Å². The van der Waals surface area contributed by atoms with Crippen molar-refractivity contribution in [2.75, 3.05) is 5.73 Å². The van der Waals surface area contributed by atoms with Crippen LogP contribution >= 0.6 is 0 Å². The van der Waals surface area contributed by atoms with Crippen molar-refractivity contribution in [3.05, 3.63) is 48.0 Å². The third kappa shape index (κ3) is 4.14. The third-order valence-corrected chi connectivity index (χ3v) is 2.65. The van der Waals surface area contributed by atoms with E-state index in [1.165, 1.54) is 0 Å². The Morgan fingerprint density at radius 2 is 1.62 bits per heavy atom. The van der Waals surface area contributed by atoms with Crippen LogP contribution in [-0.2, 0) is 0 Å². The predicted octanol–water partition coefficient (Wildman–Crippen LogP) is 2.95. The summed E-state index contributed by atoms with van der Waals surface area (Å²) < 4.78 is 11.3. The Balaban J connectivity index is 2.18. The first-order valence-electron chi connectivity index (χ1n) is 6.59. The van der Waals surface area contributed by atoms with Gasteiger partial charge in [-0.15, -0.1) is 0 Å². The number of carbonyl (C=O) groups is 1. The van der Waals surface area contributed by atoms with Gasteiger partial charge in [0.15, 0.2) is 0 Å². The molecule has 0 radical (unpaired) electrons. The van der Waals surface area contributed by atoms with Crippen LogP contribution in [0.1, 0.15) is 24.2 Å². The molecule has 0 fully saturated rings. The van der Waals surface area contributed by atoms with Gasteiger partial charge in [0.1, 0.15) is 17.2 Å². The van der Waals surface area contributed by atoms with Crippen molar-refractivity contribution in [2.24, 2.45) is 5.73 Å². The number of hydrogen-bond acceptors (Lipinski definition) is 4. The van der Waals surface area contributed by atoms with Crippen molar-refractivity contribution in [1.29, 1.82) is 0 Å². The van der Waals surface area contributed by atoms with Crippen LogP contribution in [0, 0.1) is 0 Å². The average molecular weight is 286 g/mol. The van der Waals surface area contributed by atoms with Gasteiger partial charge in [-0.3, -0.25) is 4.79 Å². The van der Waals surface area contributed by atoms with Crippen molar-refractivity contribution in [3.63, 3.8) is 0 Å². The lowest BCUT2D eigenvalue weighted by Gasteiger charge is -2.13. The topological polar surface area (TPSA) is 87.6 Å². The largest absolute Gasteiger partial charge is 0.491 e. The molecular weight excluding hydrogens is 268 g/mol. The van der Waals surface area contributed by atoms with Gasteiger partial charge >= 0.3 is 0 Å². The highest BCUT2D eigenvalue weighted by Crippen LogP contribution is 2.29. The van der Waals surface area contributed by atoms with Crippen molar-refractivity contribution in [3.8, 4) is 17.2 Å². The summed E-state index contributed by atoms with van der Waals surface area (Å²) in [7, 11) is 0. The summed E-state index contributed by atoms with van der Waals surface area (Å²) >= 11 is 0. The fourth-order valence-electron chi connectivity index (χ4n) is 1.82. The number of nitrogen functional groups attached to an aromatic ring is 1. The molecule has 0 saturated heterocycles. The smallest absolute Gasteiger partial charge is 0.248 e. The molecule has 0 aliphatic heterocycles. The molecule has 0 saturated carbocycles. The molecule has 0 aromatic heterocycles. The van der Waals surface area contributed by atoms with E-state index in [9.17, 15) is 4.79 Å². The average Bonchev–Trinajstić information content (AvgIpc) is 2.37. The normalized spacial score (nSPS) is 10.4. The summed E-state index contributed by atoms with van der Waals surface area (Å²) in [5.41, 5.74) is 12.0. The Kier molecular flexibility index (Phi) is 4.33. The number of rotatable bonds is 5. The SMILES string of the molecule is CC(C)Oc1cc(N)cc(Oc2ccc(C(N)=O)cc2)c1. The first kappa shape index (κ1) is 14.7. The van der Waals surface area contributed by atoms with E-state index < -0.39 is 5.91 Å². The standard InChI is InChI=1S/C16H18N2O3/c1-10(2)20-14-7-12(17)8-15(9-14)21-13-5-3-11(4-6-13)16(18)19/h3-10H,17H2,1-2H3,(H2,18,19). The molecule has 5 heteroatoms. The van der Waals surface area contributed by atoms with Gasteiger partial charge in [-0.25, -0.2) is 0 Å². The molecule has 0 aliphatic carbocycles. The summed E-state index contributed by atoms with van der Waals surface area (Å²) in [4.78, 5) is 11.0. The lowest BCUT2D eigenvalue weighted by molar-refractivity contribution is 0.100. The minimum absolute atomic E-state index is 0.0505. The first-order valence-corrected chi connectivity index (χ1v) is 6.59. The summed E-state index contributed by atoms with van der Waals surface area (Å²) in [5, 5.41) is 0. The molecule has 0 heterocycles. The number of anilines is 1. The van der Waals surface area contributed by atoms with Crippen molar-refractivity contribution in [1.82, 2.24) is 0 Å². The quantitative estimate of drug-likeness (QED) is 0.827. The van der Waals surface area contributed by atoms with Gasteiger partial charge in [-0.2, -0.15) is 0 Å². The molecule has 0 aliphatic rings. The molecule has 0 bridgehead atoms. The lowest BCUT2D eigenvalue weighted by Crippen LogP contribution is -2.10. The van der Waals surface area contributed by atoms with Gasteiger partial charge in [0.25, 0.3) is 0 Å². The van der Waals surface area contributed by atoms with E-state index in [4.69, 9.17) is 20.9 Å². The maximum Gasteiger partial charge on any atom is 0.248 e. The zero-order chi connectivity index (χ0) is 15.4. The van der Waals surface area contributed by atoms with Crippen LogP contribution in [0.5, 0.6) is 17.2 Å². The van der Waals surface area contributed by atoms with Gasteiger partial charge in [0, 0.05) is 29.4 Å². The van der Waals surface area contributed by atoms with Gasteiger partial charge < -0.3 is 20.9 Å². The second-order valence-corrected chi connectivity index (χ2v) is 4.90. The molecule has 21 heavy (non-hydrogen) atoms. The predicted molar refractivity (Wildman–Crippen MR) is 81.7 cm³/mol. The summed E-state index contributed by atoms with van der Waals surface area (Å²) in [6.45, 7) is 3.87. The molecule has 4 N–H and O–H groups in total. The molecule has 0 atom stereocenters. The number of nitrogens with two attached hydrogens (primary N) is 2. The molecule has 1 amide bonds. The van der Waals surface area contributed by atoms with E-state index >= 15 is 0 Å². The third-order valence-electron chi connectivity index (χ3n) is 2.65. The van der Waals surface area contributed by atoms with Crippen molar-refractivity contribution < 1.29 is 14.3 Å². The van der Waals surface area contributed by atoms with E-state index in [1.807, 2.05) is 13.8 Å². The Labute approximate surface area is 123 Å². The van der Waals surface area contributed by atoms with Gasteiger partial charge in [0.05, 0.1) is 6.10 Å². The summed E-state index contributed by atoms with van der Waals surface area (Å²) in [6, 6.07) is 11.8. The van der Waals surface area contributed by atoms with Crippen molar-refractivity contribution in [2.45, 2.75) is 20.0 Å². The van der Waals surface area contributed by atoms with E-state index in [0.29, 0.717) is 28.5 Å². The van der Waals surface area contributed by atoms with Gasteiger partial charge in [0.2, 0.25) is 5.91 Å². The van der Waals surface area contributed by atoms with E-state index in [-0.39, 0.29) is 6.10 Å². The van der Waals surface area contributed by atoms with E-state index in [0.717, 1.165) is 0 Å². The van der Waals surface area contributed by atoms with Crippen LogP contribution in [0.3, 0.4) is 0 Å². The van der Waals surface area contributed by atoms with Crippen LogP contribution in [0.2, 0.25) is 0 Å². The Morgan fingerprint density at radius 1 is 1.00 bits per heavy atom. The van der Waals surface area contributed by atoms with Crippen LogP contribution in [-0.4, -0.2) is 12.0 Å². The zero-order valence-corrected chi connectivity index (χ0v) is 12.0. The molecular formula is C16H18N2O3. The van der Waals surface area contributed by atoms with Crippen LogP contribution in [0.25, 0.3) is 0 Å². The second-order valence-electron chi connectivity index (χ2n) is 4.90. The Bertz CT molecular complexity index is 636. The van der Waals surface area contributed by atoms with Crippen LogP contribution < -0.4 is 20.9 Å². The van der Waals surface area contributed by atoms with Gasteiger partial charge in [-0.05, 0) is 38.1 Å². The fraction of sp³-hybridized carbons (Fsp3) is 0.188. The minimum atomic E-state index is -0.474. The fourth-order valence-corrected chi connectivity index (χ4v) is 1.82. The molecule has 0 unspecified atom stereocenters. The molecule has 2 aromatic rings. The van der Waals surface area contributed by atoms with E-state index in [2.05, 4.69) is 0 Å². The molecule has 5 nitrogen and oxygen atoms in total. The number of hydrogen-bond donors (Lipinski definition) is 2. The molecule has 2 aromatic carbocycles. The first-order chi connectivity index (χ1) is 9.94.